The monoisotopic (exact) mass is 436 g/mol. The number of fused-ring (bicyclic) bond motifs is 1. The van der Waals surface area contributed by atoms with Gasteiger partial charge in [0.2, 0.25) is 0 Å². The maximum atomic E-state index is 13.5. The Hall–Kier alpha value is -2.30. The molecule has 29 heavy (non-hydrogen) atoms. The SMILES string of the molecule is C=[P+](C)Cn1c(C(C)C)c(C(=O)NCc2ccc(F)c(F)c2)c2cnc(Cl)cc21. The lowest BCUT2D eigenvalue weighted by atomic mass is 10.0. The van der Waals surface area contributed by atoms with Gasteiger partial charge >= 0.3 is 0 Å². The Bertz CT molecular complexity index is 1110. The van der Waals surface area contributed by atoms with E-state index in [0.29, 0.717) is 28.0 Å². The minimum atomic E-state index is -0.943. The first kappa shape index (κ1) is 21.4. The van der Waals surface area contributed by atoms with Gasteiger partial charge in [-0.05, 0) is 29.7 Å². The van der Waals surface area contributed by atoms with Crippen molar-refractivity contribution in [3.63, 3.8) is 0 Å². The average Bonchev–Trinajstić information content (AvgIpc) is 2.95. The van der Waals surface area contributed by atoms with Gasteiger partial charge in [-0.25, -0.2) is 13.8 Å². The van der Waals surface area contributed by atoms with Gasteiger partial charge in [-0.1, -0.05) is 31.5 Å². The van der Waals surface area contributed by atoms with Gasteiger partial charge in [0.25, 0.3) is 5.91 Å². The molecule has 0 saturated carbocycles. The van der Waals surface area contributed by atoms with Crippen molar-refractivity contribution in [2.24, 2.45) is 0 Å². The van der Waals surface area contributed by atoms with Crippen molar-refractivity contribution >= 4 is 42.3 Å². The van der Waals surface area contributed by atoms with E-state index in [1.165, 1.54) is 6.07 Å². The van der Waals surface area contributed by atoms with Crippen LogP contribution in [0.2, 0.25) is 5.15 Å². The summed E-state index contributed by atoms with van der Waals surface area (Å²) in [6.45, 7) is 6.19. The molecule has 0 aliphatic carbocycles. The largest absolute Gasteiger partial charge is 0.348 e. The van der Waals surface area contributed by atoms with Crippen molar-refractivity contribution < 1.29 is 13.6 Å². The Balaban J connectivity index is 2.04. The van der Waals surface area contributed by atoms with E-state index in [-0.39, 0.29) is 18.4 Å². The number of hydrogen-bond acceptors (Lipinski definition) is 2. The highest BCUT2D eigenvalue weighted by atomic mass is 35.5. The number of hydrogen-bond donors (Lipinski definition) is 1. The fourth-order valence-electron chi connectivity index (χ4n) is 3.39. The molecule has 2 heterocycles. The maximum Gasteiger partial charge on any atom is 0.254 e. The Labute approximate surface area is 174 Å². The first-order chi connectivity index (χ1) is 13.7. The fourth-order valence-corrected chi connectivity index (χ4v) is 4.33. The van der Waals surface area contributed by atoms with Crippen LogP contribution >= 0.6 is 19.1 Å². The number of benzene rings is 1. The van der Waals surface area contributed by atoms with E-state index in [0.717, 1.165) is 23.3 Å². The van der Waals surface area contributed by atoms with Crippen molar-refractivity contribution in [1.29, 1.82) is 0 Å². The van der Waals surface area contributed by atoms with Crippen LogP contribution in [0.5, 0.6) is 0 Å². The van der Waals surface area contributed by atoms with Crippen LogP contribution in [0.1, 0.15) is 41.4 Å². The molecule has 0 spiro atoms. The highest BCUT2D eigenvalue weighted by Crippen LogP contribution is 2.35. The van der Waals surface area contributed by atoms with E-state index in [4.69, 9.17) is 11.6 Å². The molecule has 1 atom stereocenters. The number of carbonyl (C=O) groups excluding carboxylic acids is 1. The van der Waals surface area contributed by atoms with Gasteiger partial charge < -0.3 is 9.88 Å². The number of amides is 1. The van der Waals surface area contributed by atoms with Crippen LogP contribution in [-0.4, -0.2) is 28.4 Å². The normalized spacial score (nSPS) is 11.9. The van der Waals surface area contributed by atoms with E-state index in [9.17, 15) is 13.6 Å². The number of rotatable bonds is 6. The van der Waals surface area contributed by atoms with Crippen LogP contribution in [-0.2, 0) is 12.8 Å². The van der Waals surface area contributed by atoms with Crippen LogP contribution in [0, 0.1) is 11.6 Å². The topological polar surface area (TPSA) is 46.9 Å². The molecule has 1 amide bonds. The van der Waals surface area contributed by atoms with Gasteiger partial charge in [-0.15, -0.1) is 0 Å². The molecular formula is C21H22ClF2N3OP+. The zero-order valence-electron chi connectivity index (χ0n) is 16.5. The van der Waals surface area contributed by atoms with Crippen LogP contribution < -0.4 is 5.32 Å². The minimum Gasteiger partial charge on any atom is -0.348 e. The van der Waals surface area contributed by atoms with Crippen LogP contribution in [0.4, 0.5) is 8.78 Å². The summed E-state index contributed by atoms with van der Waals surface area (Å²) in [7, 11) is -0.517. The van der Waals surface area contributed by atoms with E-state index >= 15 is 0 Å². The lowest BCUT2D eigenvalue weighted by Gasteiger charge is -2.13. The van der Waals surface area contributed by atoms with Crippen molar-refractivity contribution in [2.45, 2.75) is 32.6 Å². The molecule has 1 N–H and O–H groups in total. The van der Waals surface area contributed by atoms with Gasteiger partial charge in [0.1, 0.15) is 12.7 Å². The highest BCUT2D eigenvalue weighted by Gasteiger charge is 2.26. The van der Waals surface area contributed by atoms with Crippen molar-refractivity contribution in [3.05, 3.63) is 64.1 Å². The summed E-state index contributed by atoms with van der Waals surface area (Å²) >= 11 is 6.12. The smallest absolute Gasteiger partial charge is 0.254 e. The Morgan fingerprint density at radius 3 is 2.66 bits per heavy atom. The zero-order valence-corrected chi connectivity index (χ0v) is 18.1. The van der Waals surface area contributed by atoms with Gasteiger partial charge in [-0.3, -0.25) is 4.79 Å². The number of pyridine rings is 1. The van der Waals surface area contributed by atoms with Gasteiger partial charge in [0.05, 0.1) is 24.0 Å². The molecule has 0 aliphatic heterocycles. The molecule has 2 aromatic heterocycles. The summed E-state index contributed by atoms with van der Waals surface area (Å²) in [6, 6.07) is 5.33. The van der Waals surface area contributed by atoms with E-state index < -0.39 is 19.2 Å². The minimum absolute atomic E-state index is 0.0696. The highest BCUT2D eigenvalue weighted by molar-refractivity contribution is 7.53. The third kappa shape index (κ3) is 4.49. The number of carbonyl (C=O) groups is 1. The molecule has 0 aliphatic rings. The quantitative estimate of drug-likeness (QED) is 0.408. The van der Waals surface area contributed by atoms with E-state index in [2.05, 4.69) is 27.8 Å². The van der Waals surface area contributed by atoms with Crippen LogP contribution in [0.15, 0.2) is 30.5 Å². The predicted molar refractivity (Wildman–Crippen MR) is 116 cm³/mol. The Morgan fingerprint density at radius 1 is 1.31 bits per heavy atom. The zero-order chi connectivity index (χ0) is 21.3. The van der Waals surface area contributed by atoms with Crippen molar-refractivity contribution in [2.75, 3.05) is 6.66 Å². The number of nitrogens with zero attached hydrogens (tertiary/aromatic N) is 2. The standard InChI is InChI=1S/C21H21ClF2N3OP/c1-12(2)20-19(21(28)26-9-13-5-6-15(23)16(24)7-13)14-10-25-18(22)8-17(14)27(20)11-29(3)4/h5-8,10,12H,3,9,11H2,1-2,4H3/p+1. The predicted octanol–water partition coefficient (Wildman–Crippen LogP) is 5.52. The van der Waals surface area contributed by atoms with Gasteiger partial charge in [0, 0.05) is 23.8 Å². The molecule has 1 aromatic carbocycles. The summed E-state index contributed by atoms with van der Waals surface area (Å²) < 4.78 is 28.7. The molecule has 3 rings (SSSR count). The first-order valence-corrected chi connectivity index (χ1v) is 11.6. The fraction of sp³-hybridized carbons (Fsp3) is 0.286. The molecule has 4 nitrogen and oxygen atoms in total. The first-order valence-electron chi connectivity index (χ1n) is 9.10. The molecule has 0 fully saturated rings. The second-order valence-electron chi connectivity index (χ2n) is 7.30. The second-order valence-corrected chi connectivity index (χ2v) is 9.68. The third-order valence-electron chi connectivity index (χ3n) is 4.55. The lowest BCUT2D eigenvalue weighted by Crippen LogP contribution is -2.24. The molecular weight excluding hydrogens is 415 g/mol. The van der Waals surface area contributed by atoms with Gasteiger partial charge in [-0.2, -0.15) is 0 Å². The summed E-state index contributed by atoms with van der Waals surface area (Å²) in [4.78, 5) is 17.3. The summed E-state index contributed by atoms with van der Waals surface area (Å²) in [5.74, 6) is -2.09. The molecule has 152 valence electrons. The molecule has 0 radical (unpaired) electrons. The Kier molecular flexibility index (Phi) is 6.35. The molecule has 8 heteroatoms. The number of nitrogens with one attached hydrogen (secondary N) is 1. The summed E-state index contributed by atoms with van der Waals surface area (Å²) in [6.07, 6.45) is 6.43. The van der Waals surface area contributed by atoms with Crippen LogP contribution in [0.3, 0.4) is 0 Å². The number of halogens is 3. The average molecular weight is 437 g/mol. The molecule has 0 saturated heterocycles. The van der Waals surface area contributed by atoms with Crippen molar-refractivity contribution in [1.82, 2.24) is 14.9 Å². The summed E-state index contributed by atoms with van der Waals surface area (Å²) in [5, 5.41) is 3.88. The number of aromatic nitrogens is 2. The second kappa shape index (κ2) is 8.60. The maximum absolute atomic E-state index is 13.5. The third-order valence-corrected chi connectivity index (χ3v) is 5.52. The van der Waals surface area contributed by atoms with Gasteiger partial charge in [0.15, 0.2) is 17.9 Å². The summed E-state index contributed by atoms with van der Waals surface area (Å²) in [5.41, 5.74) is 2.72. The Morgan fingerprint density at radius 2 is 2.03 bits per heavy atom. The molecule has 3 aromatic rings. The van der Waals surface area contributed by atoms with E-state index in [1.807, 2.05) is 13.8 Å². The molecule has 0 bridgehead atoms. The lowest BCUT2D eigenvalue weighted by molar-refractivity contribution is 0.0951. The van der Waals surface area contributed by atoms with Crippen molar-refractivity contribution in [3.8, 4) is 0 Å². The van der Waals surface area contributed by atoms with Crippen LogP contribution in [0.25, 0.3) is 10.9 Å². The molecule has 1 unspecified atom stereocenters. The van der Waals surface area contributed by atoms with E-state index in [1.54, 1.807) is 12.3 Å².